The monoisotopic (exact) mass is 482 g/mol. The minimum atomic E-state index is -3.65. The molecule has 3 aromatic carbocycles. The minimum absolute atomic E-state index is 0.159. The van der Waals surface area contributed by atoms with Gasteiger partial charge in [-0.25, -0.2) is 8.42 Å². The molecule has 0 spiro atoms. The summed E-state index contributed by atoms with van der Waals surface area (Å²) in [5, 5.41) is 0. The number of anilines is 1. The summed E-state index contributed by atoms with van der Waals surface area (Å²) in [5.74, 6) is 0.373. The smallest absolute Gasteiger partial charge is 0.256 e. The molecule has 0 N–H and O–H groups in total. The molecule has 3 aromatic rings. The van der Waals surface area contributed by atoms with E-state index in [9.17, 15) is 13.2 Å². The summed E-state index contributed by atoms with van der Waals surface area (Å²) in [6.45, 7) is 2.59. The number of benzene rings is 3. The van der Waals surface area contributed by atoms with Crippen LogP contribution in [0.5, 0.6) is 11.5 Å². The predicted molar refractivity (Wildman–Crippen MR) is 134 cm³/mol. The van der Waals surface area contributed by atoms with Crippen molar-refractivity contribution >= 4 is 21.6 Å². The lowest BCUT2D eigenvalue weighted by Gasteiger charge is -2.28. The van der Waals surface area contributed by atoms with E-state index in [0.29, 0.717) is 24.6 Å². The highest BCUT2D eigenvalue weighted by Crippen LogP contribution is 2.37. The van der Waals surface area contributed by atoms with Gasteiger partial charge in [-0.15, -0.1) is 0 Å². The number of carbonyl (C=O) groups excluding carboxylic acids is 1. The highest BCUT2D eigenvalue weighted by atomic mass is 32.2. The Morgan fingerprint density at radius 3 is 1.71 bits per heavy atom. The van der Waals surface area contributed by atoms with Crippen LogP contribution in [0, 0.1) is 0 Å². The van der Waals surface area contributed by atoms with Crippen molar-refractivity contribution < 1.29 is 22.7 Å². The van der Waals surface area contributed by atoms with Crippen LogP contribution in [0.1, 0.15) is 28.4 Å². The van der Waals surface area contributed by atoms with Crippen LogP contribution in [0.3, 0.4) is 0 Å². The summed E-state index contributed by atoms with van der Waals surface area (Å²) in [6, 6.07) is 22.4. The molecule has 34 heavy (non-hydrogen) atoms. The van der Waals surface area contributed by atoms with Gasteiger partial charge in [0.2, 0.25) is 10.0 Å². The number of sulfonamides is 1. The molecule has 0 aromatic heterocycles. The minimum Gasteiger partial charge on any atom is -0.493 e. The van der Waals surface area contributed by atoms with Gasteiger partial charge in [0.15, 0.2) is 11.5 Å². The van der Waals surface area contributed by atoms with Crippen LogP contribution in [0.2, 0.25) is 0 Å². The van der Waals surface area contributed by atoms with Gasteiger partial charge in [0, 0.05) is 25.7 Å². The lowest BCUT2D eigenvalue weighted by Crippen LogP contribution is -2.35. The molecule has 7 nitrogen and oxygen atoms in total. The quantitative estimate of drug-likeness (QED) is 0.430. The van der Waals surface area contributed by atoms with Crippen molar-refractivity contribution in [1.82, 2.24) is 4.90 Å². The molecule has 0 unspecified atom stereocenters. The van der Waals surface area contributed by atoms with E-state index in [1.807, 2.05) is 60.7 Å². The summed E-state index contributed by atoms with van der Waals surface area (Å²) in [7, 11) is -0.699. The fraction of sp³-hybridized carbons (Fsp3) is 0.269. The fourth-order valence-electron chi connectivity index (χ4n) is 3.81. The van der Waals surface area contributed by atoms with Gasteiger partial charge in [-0.3, -0.25) is 9.10 Å². The second-order valence-corrected chi connectivity index (χ2v) is 9.69. The zero-order chi connectivity index (χ0) is 24.7. The largest absolute Gasteiger partial charge is 0.493 e. The molecule has 1 amide bonds. The first-order valence-corrected chi connectivity index (χ1v) is 12.7. The van der Waals surface area contributed by atoms with Crippen molar-refractivity contribution in [3.8, 4) is 11.5 Å². The van der Waals surface area contributed by atoms with E-state index in [2.05, 4.69) is 0 Å². The predicted octanol–water partition coefficient (Wildman–Crippen LogP) is 4.33. The van der Waals surface area contributed by atoms with E-state index in [4.69, 9.17) is 9.47 Å². The second kappa shape index (κ2) is 11.1. The molecule has 0 radical (unpaired) electrons. The Hall–Kier alpha value is -3.52. The third-order valence-electron chi connectivity index (χ3n) is 5.41. The number of amides is 1. The number of methoxy groups -OCH3 is 2. The Bertz CT molecular complexity index is 1170. The normalized spacial score (nSPS) is 11.1. The van der Waals surface area contributed by atoms with Gasteiger partial charge in [-0.2, -0.15) is 0 Å². The van der Waals surface area contributed by atoms with Crippen LogP contribution in [-0.2, 0) is 23.1 Å². The van der Waals surface area contributed by atoms with Gasteiger partial charge in [0.25, 0.3) is 5.91 Å². The van der Waals surface area contributed by atoms with E-state index < -0.39 is 10.0 Å². The molecule has 0 aliphatic carbocycles. The molecule has 3 rings (SSSR count). The molecule has 0 saturated carbocycles. The third kappa shape index (κ3) is 5.88. The molecule has 8 heteroatoms. The number of hydrogen-bond donors (Lipinski definition) is 0. The van der Waals surface area contributed by atoms with Crippen molar-refractivity contribution in [1.29, 1.82) is 0 Å². The number of carbonyl (C=O) groups is 1. The molecule has 0 fully saturated rings. The van der Waals surface area contributed by atoms with Gasteiger partial charge in [-0.1, -0.05) is 60.7 Å². The lowest BCUT2D eigenvalue weighted by atomic mass is 10.1. The highest BCUT2D eigenvalue weighted by molar-refractivity contribution is 7.92. The number of rotatable bonds is 10. The summed E-state index contributed by atoms with van der Waals surface area (Å²) < 4.78 is 37.2. The molecule has 0 atom stereocenters. The Kier molecular flexibility index (Phi) is 8.17. The lowest BCUT2D eigenvalue weighted by molar-refractivity contribution is 0.0730. The van der Waals surface area contributed by atoms with E-state index >= 15 is 0 Å². The fourth-order valence-corrected chi connectivity index (χ4v) is 4.78. The first kappa shape index (κ1) is 25.1. The maximum Gasteiger partial charge on any atom is 0.256 e. The van der Waals surface area contributed by atoms with Crippen molar-refractivity contribution in [3.05, 3.63) is 89.5 Å². The molecule has 0 heterocycles. The zero-order valence-electron chi connectivity index (χ0n) is 19.9. The molecule has 0 saturated heterocycles. The zero-order valence-corrected chi connectivity index (χ0v) is 20.7. The summed E-state index contributed by atoms with van der Waals surface area (Å²) in [4.78, 5) is 15.7. The van der Waals surface area contributed by atoms with Crippen molar-refractivity contribution in [2.75, 3.05) is 31.3 Å². The van der Waals surface area contributed by atoms with E-state index in [-0.39, 0.29) is 23.7 Å². The molecular formula is C26H30N2O5S. The van der Waals surface area contributed by atoms with Crippen molar-refractivity contribution in [3.63, 3.8) is 0 Å². The molecule has 0 bridgehead atoms. The first-order valence-electron chi connectivity index (χ1n) is 10.9. The number of nitrogens with zero attached hydrogens (tertiary/aromatic N) is 2. The van der Waals surface area contributed by atoms with Crippen LogP contribution < -0.4 is 13.8 Å². The topological polar surface area (TPSA) is 76.2 Å². The summed E-state index contributed by atoms with van der Waals surface area (Å²) >= 11 is 0. The maximum absolute atomic E-state index is 14.0. The first-order chi connectivity index (χ1) is 16.3. The molecule has 0 aliphatic heterocycles. The van der Waals surface area contributed by atoms with E-state index in [1.165, 1.54) is 18.5 Å². The standard InChI is InChI=1S/C26H30N2O5S/c1-5-28(34(4,30)31)23-17-25(33-3)24(32-2)16-22(23)26(29)27(18-20-12-8-6-9-13-20)19-21-14-10-7-11-15-21/h6-17H,5,18-19H2,1-4H3. The Balaban J connectivity index is 2.14. The van der Waals surface area contributed by atoms with Gasteiger partial charge in [-0.05, 0) is 24.1 Å². The van der Waals surface area contributed by atoms with Crippen molar-refractivity contribution in [2.24, 2.45) is 0 Å². The third-order valence-corrected chi connectivity index (χ3v) is 6.66. The van der Waals surface area contributed by atoms with Crippen LogP contribution in [0.15, 0.2) is 72.8 Å². The van der Waals surface area contributed by atoms with Gasteiger partial charge < -0.3 is 14.4 Å². The summed E-state index contributed by atoms with van der Waals surface area (Å²) in [6.07, 6.45) is 1.12. The molecular weight excluding hydrogens is 452 g/mol. The van der Waals surface area contributed by atoms with Gasteiger partial charge in [0.1, 0.15) is 0 Å². The molecule has 180 valence electrons. The average molecular weight is 483 g/mol. The Morgan fingerprint density at radius 1 is 0.824 bits per heavy atom. The SMILES string of the molecule is CCN(c1cc(OC)c(OC)cc1C(=O)N(Cc1ccccc1)Cc1ccccc1)S(C)(=O)=O. The summed E-state index contributed by atoms with van der Waals surface area (Å²) in [5.41, 5.74) is 2.39. The Morgan fingerprint density at radius 2 is 1.29 bits per heavy atom. The number of hydrogen-bond acceptors (Lipinski definition) is 5. The second-order valence-electron chi connectivity index (χ2n) is 7.78. The van der Waals surface area contributed by atoms with Crippen molar-refractivity contribution in [2.45, 2.75) is 20.0 Å². The maximum atomic E-state index is 14.0. The Labute approximate surface area is 201 Å². The number of ether oxygens (including phenoxy) is 2. The van der Waals surface area contributed by atoms with Crippen LogP contribution >= 0.6 is 0 Å². The molecule has 0 aliphatic rings. The highest BCUT2D eigenvalue weighted by Gasteiger charge is 2.28. The van der Waals surface area contributed by atoms with Crippen LogP contribution in [0.4, 0.5) is 5.69 Å². The van der Waals surface area contributed by atoms with Gasteiger partial charge in [0.05, 0.1) is 31.7 Å². The average Bonchev–Trinajstić information content (AvgIpc) is 2.83. The van der Waals surface area contributed by atoms with E-state index in [0.717, 1.165) is 17.4 Å². The van der Waals surface area contributed by atoms with Gasteiger partial charge >= 0.3 is 0 Å². The van der Waals surface area contributed by atoms with Crippen LogP contribution in [0.25, 0.3) is 0 Å². The van der Waals surface area contributed by atoms with E-state index in [1.54, 1.807) is 24.0 Å². The van der Waals surface area contributed by atoms with Crippen LogP contribution in [-0.4, -0.2) is 46.2 Å².